The van der Waals surface area contributed by atoms with Gasteiger partial charge in [-0.25, -0.2) is 4.79 Å². The number of anilines is 1. The van der Waals surface area contributed by atoms with Crippen molar-refractivity contribution in [3.63, 3.8) is 0 Å². The standard InChI is InChI=1S/C26H25NO5/c1-3-31-26(29)21-11-7-8-12-22(21)27-25(28)16-14-19-13-15-23(24(17-19)30-2)32-18-20-9-5-4-6-10-20/h4-17H,3,18H2,1-2H3,(H,27,28). The third-order valence-corrected chi connectivity index (χ3v) is 4.53. The molecule has 0 bridgehead atoms. The van der Waals surface area contributed by atoms with Gasteiger partial charge in [0.2, 0.25) is 5.91 Å². The van der Waals surface area contributed by atoms with E-state index in [0.717, 1.165) is 11.1 Å². The van der Waals surface area contributed by atoms with Crippen molar-refractivity contribution in [1.29, 1.82) is 0 Å². The number of rotatable bonds is 9. The predicted octanol–water partition coefficient (Wildman–Crippen LogP) is 5.10. The predicted molar refractivity (Wildman–Crippen MR) is 124 cm³/mol. The van der Waals surface area contributed by atoms with Crippen LogP contribution >= 0.6 is 0 Å². The Morgan fingerprint density at radius 1 is 0.938 bits per heavy atom. The van der Waals surface area contributed by atoms with Crippen molar-refractivity contribution >= 4 is 23.6 Å². The van der Waals surface area contributed by atoms with Crippen molar-refractivity contribution in [1.82, 2.24) is 0 Å². The zero-order chi connectivity index (χ0) is 22.8. The number of carbonyl (C=O) groups excluding carboxylic acids is 2. The lowest BCUT2D eigenvalue weighted by molar-refractivity contribution is -0.111. The van der Waals surface area contributed by atoms with E-state index in [2.05, 4.69) is 5.32 Å². The molecule has 0 spiro atoms. The molecule has 6 heteroatoms. The second-order valence-corrected chi connectivity index (χ2v) is 6.77. The van der Waals surface area contributed by atoms with Crippen LogP contribution in [-0.4, -0.2) is 25.6 Å². The summed E-state index contributed by atoms with van der Waals surface area (Å²) in [6, 6.07) is 22.0. The molecule has 3 aromatic carbocycles. The highest BCUT2D eigenvalue weighted by Gasteiger charge is 2.13. The Kier molecular flexibility index (Phi) is 8.03. The van der Waals surface area contributed by atoms with Crippen LogP contribution in [0.5, 0.6) is 11.5 Å². The molecule has 0 fully saturated rings. The fourth-order valence-corrected chi connectivity index (χ4v) is 2.97. The Bertz CT molecular complexity index is 1090. The van der Waals surface area contributed by atoms with Crippen LogP contribution in [0.15, 0.2) is 78.9 Å². The smallest absolute Gasteiger partial charge is 0.340 e. The third kappa shape index (κ3) is 6.22. The molecule has 6 nitrogen and oxygen atoms in total. The van der Waals surface area contributed by atoms with Crippen molar-refractivity contribution in [2.24, 2.45) is 0 Å². The molecule has 0 aliphatic heterocycles. The van der Waals surface area contributed by atoms with Gasteiger partial charge in [-0.15, -0.1) is 0 Å². The summed E-state index contributed by atoms with van der Waals surface area (Å²) >= 11 is 0. The first-order valence-electron chi connectivity index (χ1n) is 10.2. The summed E-state index contributed by atoms with van der Waals surface area (Å²) in [5, 5.41) is 2.72. The van der Waals surface area contributed by atoms with Crippen molar-refractivity contribution < 1.29 is 23.8 Å². The van der Waals surface area contributed by atoms with Crippen molar-refractivity contribution in [2.75, 3.05) is 19.0 Å². The van der Waals surface area contributed by atoms with E-state index < -0.39 is 5.97 Å². The molecule has 0 unspecified atom stereocenters. The number of esters is 1. The van der Waals surface area contributed by atoms with E-state index in [1.165, 1.54) is 6.08 Å². The van der Waals surface area contributed by atoms with Gasteiger partial charge in [0.15, 0.2) is 11.5 Å². The number of hydrogen-bond donors (Lipinski definition) is 1. The van der Waals surface area contributed by atoms with Crippen LogP contribution in [0.4, 0.5) is 5.69 Å². The van der Waals surface area contributed by atoms with Crippen LogP contribution in [-0.2, 0) is 16.1 Å². The molecule has 3 rings (SSSR count). The normalized spacial score (nSPS) is 10.6. The lowest BCUT2D eigenvalue weighted by Gasteiger charge is -2.11. The Labute approximate surface area is 187 Å². The number of hydrogen-bond acceptors (Lipinski definition) is 5. The topological polar surface area (TPSA) is 73.9 Å². The van der Waals surface area contributed by atoms with E-state index in [1.54, 1.807) is 56.5 Å². The number of ether oxygens (including phenoxy) is 3. The Morgan fingerprint density at radius 2 is 1.69 bits per heavy atom. The minimum absolute atomic E-state index is 0.258. The molecule has 0 heterocycles. The molecule has 0 aliphatic carbocycles. The summed E-state index contributed by atoms with van der Waals surface area (Å²) in [5.74, 6) is 0.325. The molecule has 164 valence electrons. The highest BCUT2D eigenvalue weighted by molar-refractivity contribution is 6.06. The number of carbonyl (C=O) groups is 2. The number of nitrogens with one attached hydrogen (secondary N) is 1. The molecule has 0 aliphatic rings. The number of benzene rings is 3. The lowest BCUT2D eigenvalue weighted by Crippen LogP contribution is -2.13. The highest BCUT2D eigenvalue weighted by atomic mass is 16.5. The molecule has 0 aromatic heterocycles. The van der Waals surface area contributed by atoms with Crippen LogP contribution in [0.1, 0.15) is 28.4 Å². The van der Waals surface area contributed by atoms with Gasteiger partial charge in [0.25, 0.3) is 0 Å². The number of para-hydroxylation sites is 1. The minimum Gasteiger partial charge on any atom is -0.493 e. The first-order chi connectivity index (χ1) is 15.6. The monoisotopic (exact) mass is 431 g/mol. The maximum Gasteiger partial charge on any atom is 0.340 e. The largest absolute Gasteiger partial charge is 0.493 e. The molecule has 3 aromatic rings. The molecule has 0 saturated carbocycles. The summed E-state index contributed by atoms with van der Waals surface area (Å²) in [5.41, 5.74) is 2.52. The molecule has 1 N–H and O–H groups in total. The van der Waals surface area contributed by atoms with Gasteiger partial charge in [0.05, 0.1) is 25.0 Å². The molecule has 0 saturated heterocycles. The van der Waals surface area contributed by atoms with E-state index in [-0.39, 0.29) is 12.5 Å². The summed E-state index contributed by atoms with van der Waals surface area (Å²) < 4.78 is 16.3. The van der Waals surface area contributed by atoms with Crippen molar-refractivity contribution in [3.05, 3.63) is 95.6 Å². The van der Waals surface area contributed by atoms with Crippen molar-refractivity contribution in [2.45, 2.75) is 13.5 Å². The van der Waals surface area contributed by atoms with E-state index in [0.29, 0.717) is 29.4 Å². The second kappa shape index (κ2) is 11.4. The molecular formula is C26H25NO5. The van der Waals surface area contributed by atoms with E-state index in [4.69, 9.17) is 14.2 Å². The van der Waals surface area contributed by atoms with Gasteiger partial charge in [0, 0.05) is 6.08 Å². The fourth-order valence-electron chi connectivity index (χ4n) is 2.97. The van der Waals surface area contributed by atoms with E-state index >= 15 is 0 Å². The van der Waals surface area contributed by atoms with Crippen LogP contribution in [0.25, 0.3) is 6.08 Å². The first kappa shape index (κ1) is 22.6. The summed E-state index contributed by atoms with van der Waals surface area (Å²) in [6.07, 6.45) is 3.05. The quantitative estimate of drug-likeness (QED) is 0.377. The Morgan fingerprint density at radius 3 is 2.44 bits per heavy atom. The van der Waals surface area contributed by atoms with Gasteiger partial charge >= 0.3 is 5.97 Å². The zero-order valence-electron chi connectivity index (χ0n) is 18.0. The first-order valence-corrected chi connectivity index (χ1v) is 10.2. The van der Waals surface area contributed by atoms with Crippen LogP contribution in [0.2, 0.25) is 0 Å². The minimum atomic E-state index is -0.483. The third-order valence-electron chi connectivity index (χ3n) is 4.53. The van der Waals surface area contributed by atoms with Crippen molar-refractivity contribution in [3.8, 4) is 11.5 Å². The lowest BCUT2D eigenvalue weighted by atomic mass is 10.1. The molecule has 32 heavy (non-hydrogen) atoms. The van der Waals surface area contributed by atoms with Crippen LogP contribution in [0, 0.1) is 0 Å². The summed E-state index contributed by atoms with van der Waals surface area (Å²) in [6.45, 7) is 2.41. The van der Waals surface area contributed by atoms with Crippen LogP contribution < -0.4 is 14.8 Å². The Balaban J connectivity index is 1.66. The molecule has 0 radical (unpaired) electrons. The zero-order valence-corrected chi connectivity index (χ0v) is 18.0. The summed E-state index contributed by atoms with van der Waals surface area (Å²) in [7, 11) is 1.57. The maximum absolute atomic E-state index is 12.4. The fraction of sp³-hybridized carbons (Fsp3) is 0.154. The van der Waals surface area contributed by atoms with Gasteiger partial charge in [-0.1, -0.05) is 48.5 Å². The number of methoxy groups -OCH3 is 1. The molecule has 1 amide bonds. The second-order valence-electron chi connectivity index (χ2n) is 6.77. The van der Waals surface area contributed by atoms with Gasteiger partial charge < -0.3 is 19.5 Å². The highest BCUT2D eigenvalue weighted by Crippen LogP contribution is 2.29. The Hall–Kier alpha value is -4.06. The van der Waals surface area contributed by atoms with Crippen LogP contribution in [0.3, 0.4) is 0 Å². The average molecular weight is 431 g/mol. The maximum atomic E-state index is 12.4. The van der Waals surface area contributed by atoms with Gasteiger partial charge in [-0.05, 0) is 48.4 Å². The van der Waals surface area contributed by atoms with E-state index in [1.807, 2.05) is 36.4 Å². The SMILES string of the molecule is CCOC(=O)c1ccccc1NC(=O)C=Cc1ccc(OCc2ccccc2)c(OC)c1. The molecular weight excluding hydrogens is 406 g/mol. The van der Waals surface area contributed by atoms with Gasteiger partial charge in [0.1, 0.15) is 6.61 Å². The molecule has 0 atom stereocenters. The summed E-state index contributed by atoms with van der Waals surface area (Å²) in [4.78, 5) is 24.4. The number of amides is 1. The van der Waals surface area contributed by atoms with E-state index in [9.17, 15) is 9.59 Å². The average Bonchev–Trinajstić information content (AvgIpc) is 2.82. The van der Waals surface area contributed by atoms with Gasteiger partial charge in [-0.3, -0.25) is 4.79 Å². The van der Waals surface area contributed by atoms with Gasteiger partial charge in [-0.2, -0.15) is 0 Å².